The van der Waals surface area contributed by atoms with Crippen LogP contribution in [0.2, 0.25) is 0 Å². The van der Waals surface area contributed by atoms with E-state index in [1.807, 2.05) is 6.92 Å². The van der Waals surface area contributed by atoms with Gasteiger partial charge >= 0.3 is 0 Å². The maximum absolute atomic E-state index is 11.8. The number of nitrogens with zero attached hydrogens (tertiary/aromatic N) is 4. The number of rotatable bonds is 4. The summed E-state index contributed by atoms with van der Waals surface area (Å²) in [5.74, 6) is -0.00153. The Balaban J connectivity index is 2.88. The van der Waals surface area contributed by atoms with Gasteiger partial charge in [0.05, 0.1) is 0 Å². The third kappa shape index (κ3) is 2.13. The minimum Gasteiger partial charge on any atom is -0.326 e. The Labute approximate surface area is 89.4 Å². The maximum Gasteiger partial charge on any atom is 0.250 e. The first-order valence-corrected chi connectivity index (χ1v) is 5.16. The van der Waals surface area contributed by atoms with Crippen molar-refractivity contribution >= 4 is 5.91 Å². The topological polar surface area (TPSA) is 69.1 Å². The molecule has 0 saturated heterocycles. The van der Waals surface area contributed by atoms with Gasteiger partial charge in [0.25, 0.3) is 0 Å². The number of unbranched alkanes of at least 4 members (excludes halogenated alkanes) is 1. The second-order valence-electron chi connectivity index (χ2n) is 3.74. The summed E-state index contributed by atoms with van der Waals surface area (Å²) in [6.45, 7) is 6.35. The molecular formula is C10H16N4O. The third-order valence-electron chi connectivity index (χ3n) is 2.77. The molecule has 15 heavy (non-hydrogen) atoms. The van der Waals surface area contributed by atoms with E-state index in [0.717, 1.165) is 18.4 Å². The van der Waals surface area contributed by atoms with Gasteiger partial charge < -0.3 is 4.90 Å². The molecule has 0 aromatic rings. The summed E-state index contributed by atoms with van der Waals surface area (Å²) in [5.41, 5.74) is 10.0. The Morgan fingerprint density at radius 1 is 1.53 bits per heavy atom. The van der Waals surface area contributed by atoms with Gasteiger partial charge in [-0.2, -0.15) is 0 Å². The summed E-state index contributed by atoms with van der Waals surface area (Å²) in [5, 5.41) is 3.67. The molecule has 1 atom stereocenters. The molecule has 1 rings (SSSR count). The fourth-order valence-electron chi connectivity index (χ4n) is 1.67. The van der Waals surface area contributed by atoms with Gasteiger partial charge in [0.1, 0.15) is 6.17 Å². The van der Waals surface area contributed by atoms with Crippen LogP contribution in [-0.2, 0) is 4.79 Å². The van der Waals surface area contributed by atoms with E-state index in [0.29, 0.717) is 12.1 Å². The lowest BCUT2D eigenvalue weighted by Gasteiger charge is -2.22. The second kappa shape index (κ2) is 4.84. The summed E-state index contributed by atoms with van der Waals surface area (Å²) in [7, 11) is 0. The minimum absolute atomic E-state index is 0.00153. The molecule has 1 heterocycles. The van der Waals surface area contributed by atoms with Crippen molar-refractivity contribution in [1.82, 2.24) is 4.90 Å². The van der Waals surface area contributed by atoms with Crippen LogP contribution in [0.25, 0.3) is 10.4 Å². The molecule has 5 heteroatoms. The maximum atomic E-state index is 11.8. The standard InChI is InChI=1S/C10H16N4O/c1-4-5-6-14-9(12-13-11)7(2)8(3)10(14)15/h9H,4-6H2,1-3H3. The van der Waals surface area contributed by atoms with Crippen LogP contribution >= 0.6 is 0 Å². The van der Waals surface area contributed by atoms with Gasteiger partial charge in [-0.1, -0.05) is 18.5 Å². The SMILES string of the molecule is CCCCN1C(=O)C(C)=C(C)C1N=[N+]=[N-]. The van der Waals surface area contributed by atoms with Crippen LogP contribution in [0.5, 0.6) is 0 Å². The van der Waals surface area contributed by atoms with E-state index in [2.05, 4.69) is 16.9 Å². The predicted molar refractivity (Wildman–Crippen MR) is 57.9 cm³/mol. The quantitative estimate of drug-likeness (QED) is 0.397. The van der Waals surface area contributed by atoms with Gasteiger partial charge in [-0.05, 0) is 31.4 Å². The molecule has 0 aromatic heterocycles. The number of carbonyl (C=O) groups excluding carboxylic acids is 1. The Hall–Kier alpha value is -1.48. The fourth-order valence-corrected chi connectivity index (χ4v) is 1.67. The number of hydrogen-bond acceptors (Lipinski definition) is 2. The van der Waals surface area contributed by atoms with Gasteiger partial charge in [-0.3, -0.25) is 4.79 Å². The van der Waals surface area contributed by atoms with E-state index in [9.17, 15) is 4.79 Å². The van der Waals surface area contributed by atoms with Crippen molar-refractivity contribution in [1.29, 1.82) is 0 Å². The summed E-state index contributed by atoms with van der Waals surface area (Å²) in [6, 6.07) is 0. The lowest BCUT2D eigenvalue weighted by atomic mass is 10.2. The molecule has 1 aliphatic heterocycles. The van der Waals surface area contributed by atoms with Crippen molar-refractivity contribution < 1.29 is 4.79 Å². The van der Waals surface area contributed by atoms with E-state index in [1.165, 1.54) is 0 Å². The molecule has 0 radical (unpaired) electrons. The van der Waals surface area contributed by atoms with Crippen molar-refractivity contribution in [3.8, 4) is 0 Å². The molecule has 0 spiro atoms. The summed E-state index contributed by atoms with van der Waals surface area (Å²) < 4.78 is 0. The molecule has 0 fully saturated rings. The molecule has 0 aliphatic carbocycles. The first-order valence-electron chi connectivity index (χ1n) is 5.16. The average Bonchev–Trinajstić information content (AvgIpc) is 2.42. The monoisotopic (exact) mass is 208 g/mol. The van der Waals surface area contributed by atoms with Crippen molar-refractivity contribution in [2.45, 2.75) is 39.8 Å². The number of hydrogen-bond donors (Lipinski definition) is 0. The predicted octanol–water partition coefficient (Wildman–Crippen LogP) is 2.60. The Bertz CT molecular complexity index is 341. The number of azide groups is 1. The van der Waals surface area contributed by atoms with Crippen molar-refractivity contribution in [2.24, 2.45) is 5.11 Å². The highest BCUT2D eigenvalue weighted by Gasteiger charge is 2.33. The third-order valence-corrected chi connectivity index (χ3v) is 2.77. The molecule has 0 bridgehead atoms. The van der Waals surface area contributed by atoms with Crippen LogP contribution in [-0.4, -0.2) is 23.5 Å². The van der Waals surface area contributed by atoms with E-state index in [4.69, 9.17) is 5.53 Å². The van der Waals surface area contributed by atoms with Crippen molar-refractivity contribution in [3.05, 3.63) is 21.6 Å². The molecule has 82 valence electrons. The van der Waals surface area contributed by atoms with E-state index < -0.39 is 6.17 Å². The fraction of sp³-hybridized carbons (Fsp3) is 0.700. The Kier molecular flexibility index (Phi) is 3.74. The second-order valence-corrected chi connectivity index (χ2v) is 3.74. The van der Waals surface area contributed by atoms with Gasteiger partial charge in [-0.15, -0.1) is 0 Å². The normalized spacial score (nSPS) is 20.9. The van der Waals surface area contributed by atoms with Crippen LogP contribution in [0.1, 0.15) is 33.6 Å². The minimum atomic E-state index is -0.408. The average molecular weight is 208 g/mol. The van der Waals surface area contributed by atoms with E-state index >= 15 is 0 Å². The number of amides is 1. The molecule has 1 amide bonds. The number of carbonyl (C=O) groups is 1. The van der Waals surface area contributed by atoms with E-state index in [1.54, 1.807) is 11.8 Å². The van der Waals surface area contributed by atoms with Gasteiger partial charge in [-0.25, -0.2) is 0 Å². The van der Waals surface area contributed by atoms with Crippen LogP contribution in [0.15, 0.2) is 16.3 Å². The summed E-state index contributed by atoms with van der Waals surface area (Å²) in [6.07, 6.45) is 1.54. The lowest BCUT2D eigenvalue weighted by molar-refractivity contribution is -0.126. The molecule has 0 saturated carbocycles. The molecule has 1 aliphatic rings. The van der Waals surface area contributed by atoms with Crippen molar-refractivity contribution in [2.75, 3.05) is 6.54 Å². The Morgan fingerprint density at radius 3 is 2.73 bits per heavy atom. The highest BCUT2D eigenvalue weighted by atomic mass is 16.2. The molecular weight excluding hydrogens is 192 g/mol. The molecule has 0 aromatic carbocycles. The van der Waals surface area contributed by atoms with Gasteiger partial charge in [0.15, 0.2) is 0 Å². The lowest BCUT2D eigenvalue weighted by Crippen LogP contribution is -2.34. The van der Waals surface area contributed by atoms with Crippen LogP contribution in [0.3, 0.4) is 0 Å². The zero-order chi connectivity index (χ0) is 11.4. The van der Waals surface area contributed by atoms with E-state index in [-0.39, 0.29) is 5.91 Å². The molecule has 0 N–H and O–H groups in total. The van der Waals surface area contributed by atoms with Crippen LogP contribution in [0.4, 0.5) is 0 Å². The first-order chi connectivity index (χ1) is 7.13. The first kappa shape index (κ1) is 11.6. The van der Waals surface area contributed by atoms with Gasteiger partial charge in [0, 0.05) is 17.0 Å². The van der Waals surface area contributed by atoms with Crippen LogP contribution in [0, 0.1) is 0 Å². The zero-order valence-electron chi connectivity index (χ0n) is 9.40. The summed E-state index contributed by atoms with van der Waals surface area (Å²) in [4.78, 5) is 16.2. The highest BCUT2D eigenvalue weighted by molar-refractivity contribution is 5.96. The smallest absolute Gasteiger partial charge is 0.250 e. The summed E-state index contributed by atoms with van der Waals surface area (Å²) >= 11 is 0. The van der Waals surface area contributed by atoms with Gasteiger partial charge in [0.2, 0.25) is 5.91 Å². The zero-order valence-corrected chi connectivity index (χ0v) is 9.40. The largest absolute Gasteiger partial charge is 0.326 e. The molecule has 1 unspecified atom stereocenters. The molecule has 5 nitrogen and oxygen atoms in total. The Morgan fingerprint density at radius 2 is 2.20 bits per heavy atom. The van der Waals surface area contributed by atoms with Crippen molar-refractivity contribution in [3.63, 3.8) is 0 Å². The highest BCUT2D eigenvalue weighted by Crippen LogP contribution is 2.26. The van der Waals surface area contributed by atoms with Crippen LogP contribution < -0.4 is 0 Å².